The van der Waals surface area contributed by atoms with Gasteiger partial charge in [-0.3, -0.25) is 5.21 Å². The summed E-state index contributed by atoms with van der Waals surface area (Å²) in [5.41, 5.74) is 0.333. The Kier molecular flexibility index (Phi) is 2.48. The first kappa shape index (κ1) is 11.4. The summed E-state index contributed by atoms with van der Waals surface area (Å²) in [6.45, 7) is 0. The molecule has 2 unspecified atom stereocenters. The molecule has 0 aromatic heterocycles. The smallest absolute Gasteiger partial charge is 0.434 e. The molecule has 0 bridgehead atoms. The highest BCUT2D eigenvalue weighted by atomic mass is 19.2. The highest BCUT2D eigenvalue weighted by Gasteiger charge is 2.49. The molecule has 2 fully saturated rings. The van der Waals surface area contributed by atoms with E-state index in [1.807, 2.05) is 0 Å². The number of ether oxygens (including phenoxy) is 1. The van der Waals surface area contributed by atoms with Gasteiger partial charge < -0.3 is 4.74 Å². The van der Waals surface area contributed by atoms with E-state index < -0.39 is 29.9 Å². The van der Waals surface area contributed by atoms with Crippen molar-refractivity contribution in [3.05, 3.63) is 35.4 Å². The summed E-state index contributed by atoms with van der Waals surface area (Å²) in [4.78, 5) is 11.3. The Bertz CT molecular complexity index is 504. The standard InChI is InChI=1S/C12H11F2NO3/c13-8-4-3-7(5-9(8)14)10-11(6-1-2-6)18-12(16)15(10)17/h3-6,10-11,17H,1-2H2. The maximum atomic E-state index is 13.2. The molecule has 1 saturated carbocycles. The Hall–Kier alpha value is -1.69. The van der Waals surface area contributed by atoms with E-state index in [1.54, 1.807) is 0 Å². The van der Waals surface area contributed by atoms with E-state index in [-0.39, 0.29) is 5.92 Å². The summed E-state index contributed by atoms with van der Waals surface area (Å²) in [5.74, 6) is -1.78. The van der Waals surface area contributed by atoms with Crippen LogP contribution in [0.5, 0.6) is 0 Å². The highest BCUT2D eigenvalue weighted by molar-refractivity contribution is 5.69. The summed E-state index contributed by atoms with van der Waals surface area (Å²) < 4.78 is 31.1. The summed E-state index contributed by atoms with van der Waals surface area (Å²) in [5, 5.41) is 10.1. The average molecular weight is 255 g/mol. The van der Waals surface area contributed by atoms with Crippen LogP contribution in [0.1, 0.15) is 24.4 Å². The molecule has 1 heterocycles. The highest BCUT2D eigenvalue weighted by Crippen LogP contribution is 2.45. The second kappa shape index (κ2) is 3.91. The van der Waals surface area contributed by atoms with Crippen molar-refractivity contribution < 1.29 is 23.5 Å². The molecule has 1 saturated heterocycles. The van der Waals surface area contributed by atoms with Crippen LogP contribution in [-0.4, -0.2) is 22.5 Å². The fraction of sp³-hybridized carbons (Fsp3) is 0.417. The topological polar surface area (TPSA) is 49.8 Å². The predicted octanol–water partition coefficient (Wildman–Crippen LogP) is 2.63. The lowest BCUT2D eigenvalue weighted by Crippen LogP contribution is -2.27. The van der Waals surface area contributed by atoms with E-state index in [2.05, 4.69) is 0 Å². The van der Waals surface area contributed by atoms with E-state index in [0.29, 0.717) is 10.6 Å². The van der Waals surface area contributed by atoms with Crippen LogP contribution in [0, 0.1) is 17.6 Å². The van der Waals surface area contributed by atoms with Gasteiger partial charge in [0.1, 0.15) is 12.1 Å². The zero-order chi connectivity index (χ0) is 12.9. The zero-order valence-corrected chi connectivity index (χ0v) is 9.35. The van der Waals surface area contributed by atoms with Crippen molar-refractivity contribution in [1.29, 1.82) is 0 Å². The second-order valence-electron chi connectivity index (χ2n) is 4.65. The molecule has 1 aliphatic carbocycles. The number of rotatable bonds is 2. The van der Waals surface area contributed by atoms with Gasteiger partial charge in [0.05, 0.1) is 0 Å². The molecule has 6 heteroatoms. The van der Waals surface area contributed by atoms with E-state index in [1.165, 1.54) is 6.07 Å². The number of nitrogens with zero attached hydrogens (tertiary/aromatic N) is 1. The van der Waals surface area contributed by atoms with E-state index in [4.69, 9.17) is 4.74 Å². The first-order valence-corrected chi connectivity index (χ1v) is 5.71. The Balaban J connectivity index is 1.96. The largest absolute Gasteiger partial charge is 0.442 e. The predicted molar refractivity (Wildman–Crippen MR) is 55.7 cm³/mol. The Morgan fingerprint density at radius 3 is 2.61 bits per heavy atom. The van der Waals surface area contributed by atoms with Crippen molar-refractivity contribution in [3.63, 3.8) is 0 Å². The number of hydrogen-bond donors (Lipinski definition) is 1. The Morgan fingerprint density at radius 2 is 2.00 bits per heavy atom. The fourth-order valence-corrected chi connectivity index (χ4v) is 2.29. The third-order valence-corrected chi connectivity index (χ3v) is 3.37. The molecule has 0 spiro atoms. The molecule has 18 heavy (non-hydrogen) atoms. The van der Waals surface area contributed by atoms with E-state index in [0.717, 1.165) is 25.0 Å². The number of carbonyl (C=O) groups excluding carboxylic acids is 1. The van der Waals surface area contributed by atoms with Crippen LogP contribution in [0.2, 0.25) is 0 Å². The van der Waals surface area contributed by atoms with Gasteiger partial charge in [-0.2, -0.15) is 5.06 Å². The van der Waals surface area contributed by atoms with Gasteiger partial charge in [-0.05, 0) is 36.5 Å². The number of halogens is 2. The van der Waals surface area contributed by atoms with Crippen LogP contribution in [-0.2, 0) is 4.74 Å². The van der Waals surface area contributed by atoms with Gasteiger partial charge in [-0.15, -0.1) is 0 Å². The van der Waals surface area contributed by atoms with Crippen LogP contribution in [0.3, 0.4) is 0 Å². The Morgan fingerprint density at radius 1 is 1.28 bits per heavy atom. The number of hydrogen-bond acceptors (Lipinski definition) is 3. The summed E-state index contributed by atoms with van der Waals surface area (Å²) in [7, 11) is 0. The lowest BCUT2D eigenvalue weighted by Gasteiger charge is -2.20. The van der Waals surface area contributed by atoms with Gasteiger partial charge in [-0.1, -0.05) is 6.07 Å². The number of cyclic esters (lactones) is 1. The van der Waals surface area contributed by atoms with Crippen LogP contribution < -0.4 is 0 Å². The van der Waals surface area contributed by atoms with Crippen molar-refractivity contribution >= 4 is 6.09 Å². The third-order valence-electron chi connectivity index (χ3n) is 3.37. The van der Waals surface area contributed by atoms with Crippen molar-refractivity contribution in [3.8, 4) is 0 Å². The van der Waals surface area contributed by atoms with Crippen LogP contribution in [0.25, 0.3) is 0 Å². The first-order chi connectivity index (χ1) is 8.58. The molecule has 3 rings (SSSR count). The number of amides is 1. The molecule has 1 amide bonds. The molecular weight excluding hydrogens is 244 g/mol. The minimum atomic E-state index is -1.00. The minimum Gasteiger partial charge on any atom is -0.442 e. The number of hydroxylamine groups is 2. The lowest BCUT2D eigenvalue weighted by atomic mass is 9.98. The average Bonchev–Trinajstić information content (AvgIpc) is 3.12. The normalized spacial score (nSPS) is 27.5. The Labute approximate surface area is 102 Å². The lowest BCUT2D eigenvalue weighted by molar-refractivity contribution is -0.0655. The SMILES string of the molecule is O=C1OC(C2CC2)C(c2ccc(F)c(F)c2)N1O. The number of benzene rings is 1. The summed E-state index contributed by atoms with van der Waals surface area (Å²) in [6, 6.07) is 2.55. The monoisotopic (exact) mass is 255 g/mol. The van der Waals surface area contributed by atoms with Crippen LogP contribution in [0.15, 0.2) is 18.2 Å². The van der Waals surface area contributed by atoms with Crippen molar-refractivity contribution in [2.45, 2.75) is 25.0 Å². The van der Waals surface area contributed by atoms with Gasteiger partial charge in [0.2, 0.25) is 0 Å². The quantitative estimate of drug-likeness (QED) is 0.826. The van der Waals surface area contributed by atoms with Gasteiger partial charge >= 0.3 is 6.09 Å². The molecule has 1 N–H and O–H groups in total. The fourth-order valence-electron chi connectivity index (χ4n) is 2.29. The summed E-state index contributed by atoms with van der Waals surface area (Å²) in [6.07, 6.45) is 0.478. The van der Waals surface area contributed by atoms with Crippen molar-refractivity contribution in [2.75, 3.05) is 0 Å². The van der Waals surface area contributed by atoms with Crippen LogP contribution in [0.4, 0.5) is 13.6 Å². The molecule has 0 radical (unpaired) electrons. The van der Waals surface area contributed by atoms with Gasteiger partial charge in [0.15, 0.2) is 11.6 Å². The maximum Gasteiger partial charge on any atom is 0.434 e. The maximum absolute atomic E-state index is 13.2. The molecule has 2 aliphatic rings. The molecule has 1 aromatic rings. The van der Waals surface area contributed by atoms with Crippen molar-refractivity contribution in [2.24, 2.45) is 5.92 Å². The molecule has 2 atom stereocenters. The molecule has 4 nitrogen and oxygen atoms in total. The van der Waals surface area contributed by atoms with Gasteiger partial charge in [0.25, 0.3) is 0 Å². The van der Waals surface area contributed by atoms with Gasteiger partial charge in [-0.25, -0.2) is 13.6 Å². The third kappa shape index (κ3) is 1.73. The molecule has 1 aliphatic heterocycles. The molecular formula is C12H11F2NO3. The van der Waals surface area contributed by atoms with Gasteiger partial charge in [0, 0.05) is 0 Å². The van der Waals surface area contributed by atoms with E-state index in [9.17, 15) is 18.8 Å². The second-order valence-corrected chi connectivity index (χ2v) is 4.65. The van der Waals surface area contributed by atoms with Crippen molar-refractivity contribution in [1.82, 2.24) is 5.06 Å². The molecule has 96 valence electrons. The number of carbonyl (C=O) groups is 1. The van der Waals surface area contributed by atoms with E-state index >= 15 is 0 Å². The molecule has 1 aromatic carbocycles. The first-order valence-electron chi connectivity index (χ1n) is 5.71. The van der Waals surface area contributed by atoms with Crippen LogP contribution >= 0.6 is 0 Å². The minimum absolute atomic E-state index is 0.184. The zero-order valence-electron chi connectivity index (χ0n) is 9.35. The summed E-state index contributed by atoms with van der Waals surface area (Å²) >= 11 is 0.